The molecule has 4 rings (SSSR count). The zero-order valence-electron chi connectivity index (χ0n) is 16.2. The number of carbonyl (C=O) groups is 1. The topological polar surface area (TPSA) is 137 Å². The number of fused-ring (bicyclic) bond motifs is 1. The van der Waals surface area contributed by atoms with Crippen LogP contribution in [0.2, 0.25) is 0 Å². The summed E-state index contributed by atoms with van der Waals surface area (Å²) in [6.45, 7) is 1.71. The van der Waals surface area contributed by atoms with Crippen LogP contribution in [-0.2, 0) is 11.3 Å². The second-order valence-corrected chi connectivity index (χ2v) is 8.69. The van der Waals surface area contributed by atoms with Crippen LogP contribution < -0.4 is 11.1 Å². The Morgan fingerprint density at radius 1 is 1.35 bits per heavy atom. The van der Waals surface area contributed by atoms with Gasteiger partial charge in [-0.3, -0.25) is 19.7 Å². The second kappa shape index (κ2) is 7.89. The number of hydrogen-bond donors (Lipinski definition) is 1. The van der Waals surface area contributed by atoms with E-state index in [9.17, 15) is 24.5 Å². The fraction of sp³-hybridized carbons (Fsp3) is 0.158. The Morgan fingerprint density at radius 3 is 2.77 bits per heavy atom. The molecule has 0 amide bonds. The molecule has 0 aliphatic rings. The standard InChI is InChI=1S/C19H14N4O6S2/c1-9-3-4-13(31-9)11-8-30-17-15(11)16(24)20-14(21-17)7-22-6-10(19(26)29-2)5-12(18(22)25)23(27)28/h3-6,8H,7H2,1-2H3,(H,20,21,24). The SMILES string of the molecule is COC(=O)c1cc([N+](=O)[O-])c(=O)n(Cc2nc3scc(-c4ccc(C)s4)c3c(=O)[nH]2)c1. The van der Waals surface area contributed by atoms with E-state index in [0.717, 1.165) is 39.3 Å². The molecule has 0 atom stereocenters. The first-order chi connectivity index (χ1) is 14.8. The third-order valence-corrected chi connectivity index (χ3v) is 6.41. The lowest BCUT2D eigenvalue weighted by molar-refractivity contribution is -0.386. The first kappa shape index (κ1) is 20.6. The van der Waals surface area contributed by atoms with Gasteiger partial charge >= 0.3 is 17.2 Å². The minimum atomic E-state index is -0.929. The van der Waals surface area contributed by atoms with Crippen molar-refractivity contribution in [2.45, 2.75) is 13.5 Å². The number of aryl methyl sites for hydroxylation is 1. The Hall–Kier alpha value is -3.64. The molecule has 4 aromatic rings. The van der Waals surface area contributed by atoms with Gasteiger partial charge in [-0.05, 0) is 19.1 Å². The van der Waals surface area contributed by atoms with E-state index in [2.05, 4.69) is 14.7 Å². The van der Waals surface area contributed by atoms with Crippen molar-refractivity contribution in [3.8, 4) is 10.4 Å². The quantitative estimate of drug-likeness (QED) is 0.276. The Labute approximate surface area is 181 Å². The van der Waals surface area contributed by atoms with Gasteiger partial charge in [0.15, 0.2) is 0 Å². The van der Waals surface area contributed by atoms with Gasteiger partial charge in [-0.15, -0.1) is 22.7 Å². The van der Waals surface area contributed by atoms with E-state index in [1.807, 2.05) is 24.4 Å². The third-order valence-electron chi connectivity index (χ3n) is 4.50. The number of H-pyrrole nitrogens is 1. The Morgan fingerprint density at radius 2 is 2.13 bits per heavy atom. The number of aromatic nitrogens is 3. The van der Waals surface area contributed by atoms with Crippen molar-refractivity contribution in [3.05, 3.63) is 76.9 Å². The van der Waals surface area contributed by atoms with Crippen molar-refractivity contribution in [1.82, 2.24) is 14.5 Å². The first-order valence-corrected chi connectivity index (χ1v) is 10.5. The number of hydrogen-bond acceptors (Lipinski definition) is 9. The molecule has 0 aliphatic carbocycles. The van der Waals surface area contributed by atoms with Gasteiger partial charge in [0.05, 0.1) is 29.5 Å². The molecule has 0 fully saturated rings. The maximum atomic E-state index is 12.8. The molecule has 158 valence electrons. The van der Waals surface area contributed by atoms with Gasteiger partial charge in [0.1, 0.15) is 10.7 Å². The van der Waals surface area contributed by atoms with Crippen LogP contribution in [0.25, 0.3) is 20.7 Å². The number of rotatable bonds is 5. The fourth-order valence-electron chi connectivity index (χ4n) is 3.09. The fourth-order valence-corrected chi connectivity index (χ4v) is 5.01. The highest BCUT2D eigenvalue weighted by Crippen LogP contribution is 2.34. The maximum absolute atomic E-state index is 12.8. The van der Waals surface area contributed by atoms with Crippen LogP contribution in [0.15, 0.2) is 39.4 Å². The summed E-state index contributed by atoms with van der Waals surface area (Å²) in [4.78, 5) is 57.0. The van der Waals surface area contributed by atoms with E-state index < -0.39 is 22.1 Å². The Kier molecular flexibility index (Phi) is 5.25. The summed E-state index contributed by atoms with van der Waals surface area (Å²) in [5, 5.41) is 13.5. The van der Waals surface area contributed by atoms with Gasteiger partial charge < -0.3 is 14.3 Å². The number of nitrogens with zero attached hydrogens (tertiary/aromatic N) is 3. The van der Waals surface area contributed by atoms with Crippen LogP contribution in [-0.4, -0.2) is 32.5 Å². The van der Waals surface area contributed by atoms with Crippen LogP contribution in [0.3, 0.4) is 0 Å². The molecule has 4 heterocycles. The summed E-state index contributed by atoms with van der Waals surface area (Å²) in [5.41, 5.74) is -1.48. The predicted molar refractivity (Wildman–Crippen MR) is 116 cm³/mol. The summed E-state index contributed by atoms with van der Waals surface area (Å²) in [5.74, 6) is -0.699. The van der Waals surface area contributed by atoms with E-state index in [-0.39, 0.29) is 23.5 Å². The molecule has 0 aromatic carbocycles. The number of carbonyl (C=O) groups excluding carboxylic acids is 1. The maximum Gasteiger partial charge on any atom is 0.339 e. The molecule has 1 N–H and O–H groups in total. The zero-order chi connectivity index (χ0) is 22.3. The molecule has 0 radical (unpaired) electrons. The number of methoxy groups -OCH3 is 1. The lowest BCUT2D eigenvalue weighted by Gasteiger charge is -2.08. The van der Waals surface area contributed by atoms with Crippen molar-refractivity contribution >= 4 is 44.5 Å². The van der Waals surface area contributed by atoms with E-state index in [1.54, 1.807) is 11.3 Å². The smallest absolute Gasteiger partial charge is 0.339 e. The highest BCUT2D eigenvalue weighted by atomic mass is 32.1. The summed E-state index contributed by atoms with van der Waals surface area (Å²) < 4.78 is 5.54. The van der Waals surface area contributed by atoms with Crippen LogP contribution >= 0.6 is 22.7 Å². The third kappa shape index (κ3) is 3.78. The van der Waals surface area contributed by atoms with E-state index >= 15 is 0 Å². The molecule has 0 spiro atoms. The van der Waals surface area contributed by atoms with E-state index in [1.165, 1.54) is 11.3 Å². The molecule has 0 unspecified atom stereocenters. The number of pyridine rings is 1. The second-order valence-electron chi connectivity index (χ2n) is 6.55. The summed E-state index contributed by atoms with van der Waals surface area (Å²) in [6.07, 6.45) is 1.14. The number of ether oxygens (including phenoxy) is 1. The molecular formula is C19H14N4O6S2. The molecule has 0 aliphatic heterocycles. The normalized spacial score (nSPS) is 11.0. The Balaban J connectivity index is 1.80. The number of thiophene rings is 2. The molecule has 4 aromatic heterocycles. The molecular weight excluding hydrogens is 444 g/mol. The lowest BCUT2D eigenvalue weighted by atomic mass is 10.2. The highest BCUT2D eigenvalue weighted by Gasteiger charge is 2.21. The van der Waals surface area contributed by atoms with Crippen molar-refractivity contribution in [2.75, 3.05) is 7.11 Å². The van der Waals surface area contributed by atoms with Crippen molar-refractivity contribution < 1.29 is 14.5 Å². The Bertz CT molecular complexity index is 1460. The van der Waals surface area contributed by atoms with Gasteiger partial charge in [-0.1, -0.05) is 0 Å². The predicted octanol–water partition coefficient (Wildman–Crippen LogP) is 2.93. The average Bonchev–Trinajstić information content (AvgIpc) is 3.34. The zero-order valence-corrected chi connectivity index (χ0v) is 17.8. The van der Waals surface area contributed by atoms with Crippen molar-refractivity contribution in [1.29, 1.82) is 0 Å². The highest BCUT2D eigenvalue weighted by molar-refractivity contribution is 7.19. The summed E-state index contributed by atoms with van der Waals surface area (Å²) in [7, 11) is 1.13. The van der Waals surface area contributed by atoms with Gasteiger partial charge in [-0.2, -0.15) is 0 Å². The number of aromatic amines is 1. The molecule has 0 saturated carbocycles. The van der Waals surface area contributed by atoms with E-state index in [0.29, 0.717) is 10.2 Å². The summed E-state index contributed by atoms with van der Waals surface area (Å²) >= 11 is 2.85. The largest absolute Gasteiger partial charge is 0.465 e. The van der Waals surface area contributed by atoms with Gasteiger partial charge in [0.2, 0.25) is 0 Å². The molecule has 31 heavy (non-hydrogen) atoms. The van der Waals surface area contributed by atoms with Crippen LogP contribution in [0.1, 0.15) is 21.1 Å². The minimum Gasteiger partial charge on any atom is -0.465 e. The molecule has 0 bridgehead atoms. The van der Waals surface area contributed by atoms with Gasteiger partial charge in [0.25, 0.3) is 5.56 Å². The van der Waals surface area contributed by atoms with Crippen molar-refractivity contribution in [2.24, 2.45) is 0 Å². The number of nitro groups is 1. The minimum absolute atomic E-state index is 0.131. The van der Waals surface area contributed by atoms with Crippen LogP contribution in [0.5, 0.6) is 0 Å². The number of esters is 1. The van der Waals surface area contributed by atoms with Crippen LogP contribution in [0.4, 0.5) is 5.69 Å². The van der Waals surface area contributed by atoms with E-state index in [4.69, 9.17) is 0 Å². The summed E-state index contributed by atoms with van der Waals surface area (Å²) in [6, 6.07) is 4.76. The van der Waals surface area contributed by atoms with Gasteiger partial charge in [0, 0.05) is 33.0 Å². The molecule has 0 saturated heterocycles. The number of nitrogens with one attached hydrogen (secondary N) is 1. The van der Waals surface area contributed by atoms with Crippen molar-refractivity contribution in [3.63, 3.8) is 0 Å². The monoisotopic (exact) mass is 458 g/mol. The van der Waals surface area contributed by atoms with Gasteiger partial charge in [-0.25, -0.2) is 9.78 Å². The first-order valence-electron chi connectivity index (χ1n) is 8.83. The molecule has 10 nitrogen and oxygen atoms in total. The van der Waals surface area contributed by atoms with Crippen LogP contribution in [0, 0.1) is 17.0 Å². The lowest BCUT2D eigenvalue weighted by Crippen LogP contribution is -2.26. The molecule has 12 heteroatoms. The average molecular weight is 458 g/mol.